The number of benzene rings is 1. The lowest BCUT2D eigenvalue weighted by Crippen LogP contribution is -2.30. The number of carbonyl (C=O) groups excluding carboxylic acids is 2. The van der Waals surface area contributed by atoms with Gasteiger partial charge in [0.25, 0.3) is 5.91 Å². The van der Waals surface area contributed by atoms with Crippen molar-refractivity contribution >= 4 is 46.2 Å². The lowest BCUT2D eigenvalue weighted by molar-refractivity contribution is -0.123. The fraction of sp³-hybridized carbons (Fsp3) is 0.368. The first kappa shape index (κ1) is 18.7. The van der Waals surface area contributed by atoms with Gasteiger partial charge in [0.15, 0.2) is 6.10 Å². The van der Waals surface area contributed by atoms with Crippen molar-refractivity contribution in [2.75, 3.05) is 23.3 Å². The minimum atomic E-state index is -0.898. The second kappa shape index (κ2) is 8.56. The molecule has 0 spiro atoms. The third kappa shape index (κ3) is 4.77. The Balaban J connectivity index is 1.54. The summed E-state index contributed by atoms with van der Waals surface area (Å²) in [4.78, 5) is 27.0. The number of nitrogens with one attached hydrogen (secondary N) is 1. The van der Waals surface area contributed by atoms with Crippen LogP contribution < -0.4 is 10.2 Å². The van der Waals surface area contributed by atoms with Gasteiger partial charge in [-0.25, -0.2) is 4.79 Å². The standard InChI is InChI=1S/C19H21ClN2O3S/c1-13(25-19(24)16-9-10-17(20)26-16)18(23)21-14-5-7-15(8-6-14)22-11-3-2-4-12-22/h5-10,13H,2-4,11-12H2,1H3,(H,21,23)/t13-/m0/s1. The van der Waals surface area contributed by atoms with E-state index >= 15 is 0 Å². The van der Waals surface area contributed by atoms with Crippen molar-refractivity contribution in [3.05, 3.63) is 45.6 Å². The molecule has 1 aliphatic rings. The Labute approximate surface area is 161 Å². The molecule has 2 heterocycles. The first-order valence-electron chi connectivity index (χ1n) is 8.65. The van der Waals surface area contributed by atoms with Crippen LogP contribution in [0.15, 0.2) is 36.4 Å². The number of hydrogen-bond acceptors (Lipinski definition) is 5. The molecule has 0 bridgehead atoms. The van der Waals surface area contributed by atoms with Gasteiger partial charge in [-0.05, 0) is 62.6 Å². The largest absolute Gasteiger partial charge is 0.448 e. The van der Waals surface area contributed by atoms with Crippen molar-refractivity contribution in [3.8, 4) is 0 Å². The summed E-state index contributed by atoms with van der Waals surface area (Å²) in [6.45, 7) is 3.70. The summed E-state index contributed by atoms with van der Waals surface area (Å²) in [6, 6.07) is 11.0. The van der Waals surface area contributed by atoms with Crippen LogP contribution in [0.5, 0.6) is 0 Å². The van der Waals surface area contributed by atoms with E-state index in [4.69, 9.17) is 16.3 Å². The van der Waals surface area contributed by atoms with Crippen LogP contribution >= 0.6 is 22.9 Å². The summed E-state index contributed by atoms with van der Waals surface area (Å²) < 4.78 is 5.70. The van der Waals surface area contributed by atoms with Gasteiger partial charge in [-0.3, -0.25) is 4.79 Å². The summed E-state index contributed by atoms with van der Waals surface area (Å²) in [5, 5.41) is 2.78. The summed E-state index contributed by atoms with van der Waals surface area (Å²) in [5.41, 5.74) is 1.84. The molecule has 7 heteroatoms. The second-order valence-corrected chi connectivity index (χ2v) is 7.95. The van der Waals surface area contributed by atoms with Crippen LogP contribution in [0.2, 0.25) is 4.34 Å². The topological polar surface area (TPSA) is 58.6 Å². The SMILES string of the molecule is C[C@H](OC(=O)c1ccc(Cl)s1)C(=O)Nc1ccc(N2CCCCC2)cc1. The third-order valence-electron chi connectivity index (χ3n) is 4.28. The zero-order valence-corrected chi connectivity index (χ0v) is 16.1. The molecule has 0 aliphatic carbocycles. The Morgan fingerprint density at radius 3 is 2.42 bits per heavy atom. The Morgan fingerprint density at radius 2 is 1.81 bits per heavy atom. The van der Waals surface area contributed by atoms with Crippen LogP contribution in [0, 0.1) is 0 Å². The van der Waals surface area contributed by atoms with Crippen LogP contribution in [0.3, 0.4) is 0 Å². The second-order valence-electron chi connectivity index (χ2n) is 6.24. The Bertz CT molecular complexity index is 769. The van der Waals surface area contributed by atoms with Crippen molar-refractivity contribution in [2.45, 2.75) is 32.3 Å². The molecule has 1 N–H and O–H groups in total. The zero-order valence-electron chi connectivity index (χ0n) is 14.5. The Morgan fingerprint density at radius 1 is 1.12 bits per heavy atom. The smallest absolute Gasteiger partial charge is 0.349 e. The molecule has 2 aromatic rings. The maximum Gasteiger partial charge on any atom is 0.349 e. The van der Waals surface area contributed by atoms with E-state index in [1.165, 1.54) is 19.3 Å². The first-order valence-corrected chi connectivity index (χ1v) is 9.84. The number of carbonyl (C=O) groups is 2. The molecule has 0 unspecified atom stereocenters. The van der Waals surface area contributed by atoms with Gasteiger partial charge < -0.3 is 15.0 Å². The van der Waals surface area contributed by atoms with Gasteiger partial charge in [0.2, 0.25) is 0 Å². The fourth-order valence-electron chi connectivity index (χ4n) is 2.85. The monoisotopic (exact) mass is 392 g/mol. The number of esters is 1. The van der Waals surface area contributed by atoms with Crippen molar-refractivity contribution in [2.24, 2.45) is 0 Å². The number of amides is 1. The average molecular weight is 393 g/mol. The molecule has 0 saturated carbocycles. The van der Waals surface area contributed by atoms with E-state index in [1.807, 2.05) is 24.3 Å². The average Bonchev–Trinajstić information content (AvgIpc) is 3.09. The van der Waals surface area contributed by atoms with E-state index in [0.29, 0.717) is 14.9 Å². The minimum absolute atomic E-state index is 0.369. The number of ether oxygens (including phenoxy) is 1. The Kier molecular flexibility index (Phi) is 6.16. The number of hydrogen-bond donors (Lipinski definition) is 1. The van der Waals surface area contributed by atoms with E-state index in [9.17, 15) is 9.59 Å². The molecule has 26 heavy (non-hydrogen) atoms. The highest BCUT2D eigenvalue weighted by Crippen LogP contribution is 2.23. The molecule has 1 aliphatic heterocycles. The molecule has 1 saturated heterocycles. The summed E-state index contributed by atoms with van der Waals surface area (Å²) in [6.07, 6.45) is 2.83. The maximum absolute atomic E-state index is 12.2. The molecule has 1 atom stereocenters. The van der Waals surface area contributed by atoms with Crippen molar-refractivity contribution < 1.29 is 14.3 Å². The van der Waals surface area contributed by atoms with Crippen LogP contribution in [0.25, 0.3) is 0 Å². The molecule has 3 rings (SSSR count). The van der Waals surface area contributed by atoms with Crippen LogP contribution in [0.4, 0.5) is 11.4 Å². The molecule has 0 radical (unpaired) electrons. The van der Waals surface area contributed by atoms with Crippen LogP contribution in [0.1, 0.15) is 35.9 Å². The fourth-order valence-corrected chi connectivity index (χ4v) is 3.77. The maximum atomic E-state index is 12.2. The van der Waals surface area contributed by atoms with Gasteiger partial charge in [0.1, 0.15) is 4.88 Å². The molecule has 1 aromatic carbocycles. The number of rotatable bonds is 5. The molecular weight excluding hydrogens is 372 g/mol. The highest BCUT2D eigenvalue weighted by molar-refractivity contribution is 7.17. The van der Waals surface area contributed by atoms with Gasteiger partial charge >= 0.3 is 5.97 Å². The third-order valence-corrected chi connectivity index (χ3v) is 5.49. The number of thiophene rings is 1. The lowest BCUT2D eigenvalue weighted by Gasteiger charge is -2.28. The number of piperidine rings is 1. The number of halogens is 1. The quantitative estimate of drug-likeness (QED) is 0.757. The summed E-state index contributed by atoms with van der Waals surface area (Å²) in [5.74, 6) is -0.920. The predicted octanol–water partition coefficient (Wildman–Crippen LogP) is 4.58. The van der Waals surface area contributed by atoms with Crippen LogP contribution in [-0.4, -0.2) is 31.1 Å². The molecule has 5 nitrogen and oxygen atoms in total. The minimum Gasteiger partial charge on any atom is -0.448 e. The Hall–Kier alpha value is -2.05. The molecular formula is C19H21ClN2O3S. The number of nitrogens with zero attached hydrogens (tertiary/aromatic N) is 1. The highest BCUT2D eigenvalue weighted by Gasteiger charge is 2.20. The van der Waals surface area contributed by atoms with E-state index in [1.54, 1.807) is 19.1 Å². The van der Waals surface area contributed by atoms with Crippen molar-refractivity contribution in [1.29, 1.82) is 0 Å². The molecule has 1 fully saturated rings. The van der Waals surface area contributed by atoms with Crippen molar-refractivity contribution in [1.82, 2.24) is 0 Å². The van der Waals surface area contributed by atoms with Gasteiger partial charge in [-0.1, -0.05) is 11.6 Å². The van der Waals surface area contributed by atoms with Crippen LogP contribution in [-0.2, 0) is 9.53 Å². The van der Waals surface area contributed by atoms with Gasteiger partial charge in [0, 0.05) is 24.5 Å². The van der Waals surface area contributed by atoms with Gasteiger partial charge in [0.05, 0.1) is 4.34 Å². The van der Waals surface area contributed by atoms with Crippen molar-refractivity contribution in [3.63, 3.8) is 0 Å². The normalized spacial score (nSPS) is 15.4. The van der Waals surface area contributed by atoms with E-state index < -0.39 is 12.1 Å². The first-order chi connectivity index (χ1) is 12.5. The summed E-state index contributed by atoms with van der Waals surface area (Å²) >= 11 is 6.93. The van der Waals surface area contributed by atoms with E-state index in [2.05, 4.69) is 10.2 Å². The molecule has 1 aromatic heterocycles. The highest BCUT2D eigenvalue weighted by atomic mass is 35.5. The van der Waals surface area contributed by atoms with Gasteiger partial charge in [-0.15, -0.1) is 11.3 Å². The molecule has 1 amide bonds. The predicted molar refractivity (Wildman–Crippen MR) is 105 cm³/mol. The summed E-state index contributed by atoms with van der Waals surface area (Å²) in [7, 11) is 0. The lowest BCUT2D eigenvalue weighted by atomic mass is 10.1. The van der Waals surface area contributed by atoms with Gasteiger partial charge in [-0.2, -0.15) is 0 Å². The van der Waals surface area contributed by atoms with E-state index in [-0.39, 0.29) is 5.91 Å². The molecule has 138 valence electrons. The number of anilines is 2. The van der Waals surface area contributed by atoms with E-state index in [0.717, 1.165) is 30.1 Å². The zero-order chi connectivity index (χ0) is 18.5.